The molecule has 400 valence electrons. The SMILES string of the molecule is CO[C@H]1C[C@@H]2CC[C@@H](C)[C@@](O)(O2)C(=O)C(=O)N2CCCC[C@H]2C(=O)O[C@H]([C@H](C)C[C@@H]2CC[C@H](n3cc(C(=O)O)nn3)[C@H](OC)C2)CC(=O)[C@H](C)/C=C(\C)[C@@H](O)[C@@H](OC)C(=O)[C@H](C)C[C@H](C)/C=C/C=C/C=C/1C. The standard InChI is InChI=1S/C54H80N4O14/c1-31-16-12-11-13-17-32(2)44(68-8)28-39-21-19-37(7)54(67,72-39)50(62)51(63)57-23-15-14-18-42(57)53(66)71-45(29-43(59)33(3)25-36(6)48(61)49(70-10)47(60)35(5)24-31)34(4)26-38-20-22-41(46(27-38)69-9)58-30-40(52(64)65)55-56-58/h11-13,16-17,25,30-31,33-35,37-39,41-42,44-46,48-49,61,67H,14-15,18-24,26-29H2,1-10H3,(H,64,65)/b13-11+,16-12+,32-17+,36-25+/t31-,33-,34-,35-,37-,38+,39+,41+,42+,44+,45+,46-,48-,49+,54-/m1/s1. The molecule has 3 aliphatic heterocycles. The molecule has 1 saturated carbocycles. The number of rotatable bonds is 8. The fourth-order valence-corrected chi connectivity index (χ4v) is 11.0. The molecule has 3 fully saturated rings. The van der Waals surface area contributed by atoms with Crippen molar-refractivity contribution in [2.45, 2.75) is 180 Å². The third-order valence-electron chi connectivity index (χ3n) is 15.5. The molecule has 3 N–H and O–H groups in total. The Labute approximate surface area is 424 Å². The van der Waals surface area contributed by atoms with Crippen LogP contribution in [0.15, 0.2) is 53.8 Å². The lowest BCUT2D eigenvalue weighted by atomic mass is 9.77. The van der Waals surface area contributed by atoms with Gasteiger partial charge in [-0.05, 0) is 107 Å². The summed E-state index contributed by atoms with van der Waals surface area (Å²) in [5.74, 6) is -9.56. The largest absolute Gasteiger partial charge is 0.476 e. The summed E-state index contributed by atoms with van der Waals surface area (Å²) < 4.78 is 31.3. The van der Waals surface area contributed by atoms with Gasteiger partial charge in [0.25, 0.3) is 11.7 Å². The van der Waals surface area contributed by atoms with E-state index in [2.05, 4.69) is 10.3 Å². The van der Waals surface area contributed by atoms with Crippen molar-refractivity contribution in [3.63, 3.8) is 0 Å². The van der Waals surface area contributed by atoms with Crippen LogP contribution in [0.5, 0.6) is 0 Å². The van der Waals surface area contributed by atoms with Gasteiger partial charge in [0.05, 0.1) is 30.6 Å². The Morgan fingerprint density at radius 2 is 1.64 bits per heavy atom. The second-order valence-corrected chi connectivity index (χ2v) is 21.0. The fraction of sp³-hybridized carbons (Fsp3) is 0.704. The maximum Gasteiger partial charge on any atom is 0.358 e. The molecule has 18 heteroatoms. The van der Waals surface area contributed by atoms with E-state index in [4.69, 9.17) is 23.7 Å². The summed E-state index contributed by atoms with van der Waals surface area (Å²) in [6.45, 7) is 12.6. The quantitative estimate of drug-likeness (QED) is 0.146. The van der Waals surface area contributed by atoms with Crippen LogP contribution in [0.4, 0.5) is 0 Å². The van der Waals surface area contributed by atoms with Crippen LogP contribution < -0.4 is 0 Å². The summed E-state index contributed by atoms with van der Waals surface area (Å²) >= 11 is 0. The number of piperidine rings is 1. The van der Waals surface area contributed by atoms with Gasteiger partial charge in [0.15, 0.2) is 11.5 Å². The zero-order valence-corrected chi connectivity index (χ0v) is 43.9. The topological polar surface area (TPSA) is 243 Å². The number of ketones is 3. The number of carbonyl (C=O) groups excluding carboxylic acids is 5. The van der Waals surface area contributed by atoms with Gasteiger partial charge >= 0.3 is 11.9 Å². The molecular formula is C54H80N4O14. The first-order valence-corrected chi connectivity index (χ1v) is 25.8. The number of esters is 1. The summed E-state index contributed by atoms with van der Waals surface area (Å²) in [5, 5.41) is 40.8. The van der Waals surface area contributed by atoms with Gasteiger partial charge in [-0.3, -0.25) is 19.2 Å². The van der Waals surface area contributed by atoms with Gasteiger partial charge in [-0.15, -0.1) is 5.10 Å². The number of hydrogen-bond acceptors (Lipinski definition) is 15. The molecule has 4 heterocycles. The minimum atomic E-state index is -2.46. The first kappa shape index (κ1) is 58.2. The van der Waals surface area contributed by atoms with Gasteiger partial charge in [-0.25, -0.2) is 14.3 Å². The van der Waals surface area contributed by atoms with Crippen LogP contribution in [-0.4, -0.2) is 147 Å². The van der Waals surface area contributed by atoms with E-state index in [0.29, 0.717) is 69.8 Å². The number of aromatic nitrogens is 3. The number of carbonyl (C=O) groups is 6. The van der Waals surface area contributed by atoms with Gasteiger partial charge in [-0.1, -0.05) is 76.3 Å². The molecule has 1 amide bonds. The summed E-state index contributed by atoms with van der Waals surface area (Å²) in [4.78, 5) is 84.0. The number of nitrogens with zero attached hydrogens (tertiary/aromatic N) is 4. The van der Waals surface area contributed by atoms with E-state index in [-0.39, 0.29) is 60.6 Å². The Hall–Kier alpha value is -4.72. The summed E-state index contributed by atoms with van der Waals surface area (Å²) in [7, 11) is 4.51. The van der Waals surface area contributed by atoms with Crippen molar-refractivity contribution >= 4 is 35.2 Å². The van der Waals surface area contributed by atoms with Gasteiger partial charge in [-0.2, -0.15) is 0 Å². The highest BCUT2D eigenvalue weighted by molar-refractivity contribution is 6.39. The fourth-order valence-electron chi connectivity index (χ4n) is 11.0. The van der Waals surface area contributed by atoms with Crippen LogP contribution in [-0.2, 0) is 47.7 Å². The van der Waals surface area contributed by atoms with E-state index in [1.54, 1.807) is 48.0 Å². The van der Waals surface area contributed by atoms with Gasteiger partial charge < -0.3 is 43.9 Å². The Bertz CT molecular complexity index is 2180. The Kier molecular flexibility index (Phi) is 21.4. The highest BCUT2D eigenvalue weighted by atomic mass is 16.6. The molecule has 1 aromatic heterocycles. The highest BCUT2D eigenvalue weighted by Gasteiger charge is 2.53. The number of Topliss-reactive ketones (excluding diaryl/α,β-unsaturated/α-hetero) is 3. The van der Waals surface area contributed by atoms with E-state index in [1.165, 1.54) is 22.9 Å². The van der Waals surface area contributed by atoms with Crippen molar-refractivity contribution in [3.8, 4) is 0 Å². The molecule has 72 heavy (non-hydrogen) atoms. The van der Waals surface area contributed by atoms with Crippen molar-refractivity contribution < 1.29 is 67.8 Å². The highest BCUT2D eigenvalue weighted by Crippen LogP contribution is 2.40. The minimum Gasteiger partial charge on any atom is -0.476 e. The average molecular weight is 1010 g/mol. The summed E-state index contributed by atoms with van der Waals surface area (Å²) in [6.07, 6.45) is 12.6. The predicted octanol–water partition coefficient (Wildman–Crippen LogP) is 6.35. The number of carboxylic acids is 1. The number of aliphatic hydroxyl groups is 2. The van der Waals surface area contributed by atoms with E-state index in [9.17, 15) is 44.1 Å². The number of carboxylic acid groups (broad SMARTS) is 1. The van der Waals surface area contributed by atoms with E-state index in [0.717, 1.165) is 5.57 Å². The molecule has 2 bridgehead atoms. The third-order valence-corrected chi connectivity index (χ3v) is 15.5. The molecule has 1 aliphatic carbocycles. The molecule has 0 spiro atoms. The van der Waals surface area contributed by atoms with E-state index >= 15 is 0 Å². The number of aliphatic hydroxyl groups excluding tert-OH is 1. The number of allylic oxidation sites excluding steroid dienone is 6. The second-order valence-electron chi connectivity index (χ2n) is 21.0. The third kappa shape index (κ3) is 14.5. The van der Waals surface area contributed by atoms with Crippen molar-refractivity contribution in [2.24, 2.45) is 35.5 Å². The normalized spacial score (nSPS) is 37.6. The van der Waals surface area contributed by atoms with Crippen molar-refractivity contribution in [1.29, 1.82) is 0 Å². The van der Waals surface area contributed by atoms with Crippen LogP contribution >= 0.6 is 0 Å². The molecule has 1 aromatic rings. The molecule has 4 aliphatic rings. The number of fused-ring (bicyclic) bond motifs is 3. The van der Waals surface area contributed by atoms with E-state index < -0.39 is 89.6 Å². The lowest BCUT2D eigenvalue weighted by Gasteiger charge is -2.42. The van der Waals surface area contributed by atoms with Crippen LogP contribution in [0.1, 0.15) is 142 Å². The summed E-state index contributed by atoms with van der Waals surface area (Å²) in [6, 6.07) is -1.45. The first-order valence-electron chi connectivity index (χ1n) is 25.8. The predicted molar refractivity (Wildman–Crippen MR) is 265 cm³/mol. The number of hydrogen-bond donors (Lipinski definition) is 3. The van der Waals surface area contributed by atoms with Crippen molar-refractivity contribution in [1.82, 2.24) is 19.9 Å². The number of ether oxygens (including phenoxy) is 5. The Balaban J connectivity index is 1.46. The molecule has 2 saturated heterocycles. The van der Waals surface area contributed by atoms with Crippen molar-refractivity contribution in [3.05, 3.63) is 59.5 Å². The van der Waals surface area contributed by atoms with Crippen LogP contribution in [0.25, 0.3) is 0 Å². The molecule has 0 radical (unpaired) electrons. The lowest BCUT2D eigenvalue weighted by molar-refractivity contribution is -0.265. The van der Waals surface area contributed by atoms with Gasteiger partial charge in [0.1, 0.15) is 30.1 Å². The van der Waals surface area contributed by atoms with Crippen LogP contribution in [0.2, 0.25) is 0 Å². The number of amides is 1. The minimum absolute atomic E-state index is 0.000200. The van der Waals surface area contributed by atoms with Crippen molar-refractivity contribution in [2.75, 3.05) is 27.9 Å². The average Bonchev–Trinajstić information content (AvgIpc) is 3.86. The van der Waals surface area contributed by atoms with Crippen LogP contribution in [0.3, 0.4) is 0 Å². The number of cyclic esters (lactones) is 1. The number of aromatic carboxylic acids is 1. The van der Waals surface area contributed by atoms with Gasteiger partial charge in [0.2, 0.25) is 5.79 Å². The maximum atomic E-state index is 14.5. The molecule has 5 rings (SSSR count). The Morgan fingerprint density at radius 1 is 0.903 bits per heavy atom. The lowest BCUT2D eigenvalue weighted by Crippen LogP contribution is -2.61. The van der Waals surface area contributed by atoms with Crippen LogP contribution in [0, 0.1) is 35.5 Å². The monoisotopic (exact) mass is 1010 g/mol. The zero-order chi connectivity index (χ0) is 53.0. The molecule has 18 nitrogen and oxygen atoms in total. The van der Waals surface area contributed by atoms with E-state index in [1.807, 2.05) is 51.2 Å². The molecular weight excluding hydrogens is 929 g/mol. The zero-order valence-electron chi connectivity index (χ0n) is 43.9. The molecule has 0 aromatic carbocycles. The molecule has 15 atom stereocenters. The maximum absolute atomic E-state index is 14.5. The Morgan fingerprint density at radius 3 is 2.31 bits per heavy atom. The summed E-state index contributed by atoms with van der Waals surface area (Å²) in [5.41, 5.74) is 1.05. The second kappa shape index (κ2) is 26.5. The van der Waals surface area contributed by atoms with Gasteiger partial charge in [0, 0.05) is 58.5 Å². The number of methoxy groups -OCH3 is 3. The smallest absolute Gasteiger partial charge is 0.358 e. The first-order chi connectivity index (χ1) is 34.1. The molecule has 0 unspecified atom stereocenters.